The Bertz CT molecular complexity index is 1310. The van der Waals surface area contributed by atoms with Crippen LogP contribution in [-0.2, 0) is 14.8 Å². The first-order valence-electron chi connectivity index (χ1n) is 11.3. The van der Waals surface area contributed by atoms with Crippen molar-refractivity contribution >= 4 is 33.0 Å². The number of sulfonamides is 1. The van der Waals surface area contributed by atoms with Crippen LogP contribution in [0.3, 0.4) is 0 Å². The molecule has 0 aliphatic carbocycles. The van der Waals surface area contributed by atoms with Crippen LogP contribution in [0.15, 0.2) is 65.6 Å². The molecule has 1 fully saturated rings. The standard InChI is InChI=1S/C26H29N3O5S/c1-18-7-6-8-19(2)25(18)28-35(31,32)24-17-20(11-12-23(24)33-3)27-26(30)21-9-4-5-10-22(21)29-13-15-34-16-14-29/h4-12,17,28H,13-16H2,1-3H3,(H,27,30). The largest absolute Gasteiger partial charge is 0.495 e. The van der Waals surface area contributed by atoms with Crippen LogP contribution < -0.4 is 19.7 Å². The third kappa shape index (κ3) is 5.41. The lowest BCUT2D eigenvalue weighted by Gasteiger charge is -2.30. The van der Waals surface area contributed by atoms with Crippen molar-refractivity contribution in [3.05, 3.63) is 77.4 Å². The Labute approximate surface area is 205 Å². The third-order valence-corrected chi connectivity index (χ3v) is 7.30. The van der Waals surface area contributed by atoms with Gasteiger partial charge in [-0.25, -0.2) is 8.42 Å². The smallest absolute Gasteiger partial charge is 0.265 e. The fourth-order valence-electron chi connectivity index (χ4n) is 4.07. The van der Waals surface area contributed by atoms with Crippen LogP contribution in [0.25, 0.3) is 0 Å². The van der Waals surface area contributed by atoms with Gasteiger partial charge in [0.1, 0.15) is 10.6 Å². The molecule has 1 amide bonds. The number of amides is 1. The molecule has 0 spiro atoms. The van der Waals surface area contributed by atoms with Crippen molar-refractivity contribution in [1.29, 1.82) is 0 Å². The molecule has 3 aromatic rings. The summed E-state index contributed by atoms with van der Waals surface area (Å²) in [6.07, 6.45) is 0. The Morgan fingerprint density at radius 2 is 1.66 bits per heavy atom. The van der Waals surface area contributed by atoms with E-state index in [1.165, 1.54) is 19.2 Å². The van der Waals surface area contributed by atoms with Gasteiger partial charge in [-0.05, 0) is 55.3 Å². The van der Waals surface area contributed by atoms with Gasteiger partial charge in [0.05, 0.1) is 31.6 Å². The number of aryl methyl sites for hydroxylation is 2. The first-order valence-corrected chi connectivity index (χ1v) is 12.8. The molecule has 4 rings (SSSR count). The van der Waals surface area contributed by atoms with Gasteiger partial charge in [-0.3, -0.25) is 9.52 Å². The number of benzene rings is 3. The zero-order chi connectivity index (χ0) is 25.0. The summed E-state index contributed by atoms with van der Waals surface area (Å²) in [6.45, 7) is 6.26. The molecule has 1 aliphatic heterocycles. The van der Waals surface area contributed by atoms with Crippen LogP contribution in [0.2, 0.25) is 0 Å². The molecule has 9 heteroatoms. The molecular formula is C26H29N3O5S. The Morgan fingerprint density at radius 1 is 0.971 bits per heavy atom. The summed E-state index contributed by atoms with van der Waals surface area (Å²) >= 11 is 0. The summed E-state index contributed by atoms with van der Waals surface area (Å²) in [5, 5.41) is 2.84. The van der Waals surface area contributed by atoms with E-state index in [4.69, 9.17) is 9.47 Å². The van der Waals surface area contributed by atoms with E-state index in [2.05, 4.69) is 14.9 Å². The molecule has 1 heterocycles. The molecule has 0 atom stereocenters. The lowest BCUT2D eigenvalue weighted by molar-refractivity contribution is 0.102. The number of carbonyl (C=O) groups excluding carboxylic acids is 1. The number of morpholine rings is 1. The number of ether oxygens (including phenoxy) is 2. The van der Waals surface area contributed by atoms with E-state index in [1.807, 2.05) is 44.2 Å². The van der Waals surface area contributed by atoms with Gasteiger partial charge in [0.25, 0.3) is 15.9 Å². The van der Waals surface area contributed by atoms with Gasteiger partial charge in [0.15, 0.2) is 0 Å². The number of rotatable bonds is 7. The van der Waals surface area contributed by atoms with Crippen LogP contribution in [0, 0.1) is 13.8 Å². The lowest BCUT2D eigenvalue weighted by Crippen LogP contribution is -2.37. The van der Waals surface area contributed by atoms with Gasteiger partial charge < -0.3 is 19.7 Å². The molecule has 8 nitrogen and oxygen atoms in total. The van der Waals surface area contributed by atoms with Crippen molar-refractivity contribution in [3.8, 4) is 5.75 Å². The van der Waals surface area contributed by atoms with E-state index in [1.54, 1.807) is 18.2 Å². The number of hydrogen-bond acceptors (Lipinski definition) is 6. The maximum atomic E-state index is 13.3. The first kappa shape index (κ1) is 24.6. The quantitative estimate of drug-likeness (QED) is 0.510. The summed E-state index contributed by atoms with van der Waals surface area (Å²) in [6, 6.07) is 17.4. The minimum absolute atomic E-state index is 0.0677. The van der Waals surface area contributed by atoms with Crippen LogP contribution in [0.5, 0.6) is 5.75 Å². The maximum absolute atomic E-state index is 13.3. The number of para-hydroxylation sites is 2. The third-order valence-electron chi connectivity index (χ3n) is 5.93. The van der Waals surface area contributed by atoms with Crippen molar-refractivity contribution in [2.45, 2.75) is 18.7 Å². The summed E-state index contributed by atoms with van der Waals surface area (Å²) in [5.74, 6) is -0.154. The predicted molar refractivity (Wildman–Crippen MR) is 137 cm³/mol. The fourth-order valence-corrected chi connectivity index (χ4v) is 5.47. The molecule has 3 aromatic carbocycles. The Balaban J connectivity index is 1.63. The average molecular weight is 496 g/mol. The van der Waals surface area contributed by atoms with Crippen molar-refractivity contribution in [2.24, 2.45) is 0 Å². The van der Waals surface area contributed by atoms with Gasteiger partial charge >= 0.3 is 0 Å². The number of anilines is 3. The number of carbonyl (C=O) groups is 1. The molecule has 184 valence electrons. The predicted octanol–water partition coefficient (Wildman–Crippen LogP) is 4.20. The maximum Gasteiger partial charge on any atom is 0.265 e. The number of nitrogens with zero attached hydrogens (tertiary/aromatic N) is 1. The molecular weight excluding hydrogens is 466 g/mol. The van der Waals surface area contributed by atoms with E-state index in [0.29, 0.717) is 43.2 Å². The molecule has 2 N–H and O–H groups in total. The van der Waals surface area contributed by atoms with Crippen molar-refractivity contribution < 1.29 is 22.7 Å². The van der Waals surface area contributed by atoms with Crippen LogP contribution in [0.4, 0.5) is 17.1 Å². The second-order valence-electron chi connectivity index (χ2n) is 8.31. The monoisotopic (exact) mass is 495 g/mol. The summed E-state index contributed by atoms with van der Waals surface area (Å²) in [4.78, 5) is 15.2. The molecule has 0 radical (unpaired) electrons. The van der Waals surface area contributed by atoms with E-state index < -0.39 is 10.0 Å². The highest BCUT2D eigenvalue weighted by Crippen LogP contribution is 2.31. The van der Waals surface area contributed by atoms with Crippen LogP contribution in [0.1, 0.15) is 21.5 Å². The zero-order valence-corrected chi connectivity index (χ0v) is 20.8. The normalized spacial score (nSPS) is 13.9. The first-order chi connectivity index (χ1) is 16.8. The van der Waals surface area contributed by atoms with Crippen molar-refractivity contribution in [1.82, 2.24) is 0 Å². The Hall–Kier alpha value is -3.56. The molecule has 1 saturated heterocycles. The molecule has 35 heavy (non-hydrogen) atoms. The van der Waals surface area contributed by atoms with E-state index in [-0.39, 0.29) is 16.6 Å². The van der Waals surface area contributed by atoms with Gasteiger partial charge in [0, 0.05) is 24.5 Å². The minimum Gasteiger partial charge on any atom is -0.495 e. The highest BCUT2D eigenvalue weighted by atomic mass is 32.2. The lowest BCUT2D eigenvalue weighted by atomic mass is 10.1. The van der Waals surface area contributed by atoms with E-state index >= 15 is 0 Å². The Morgan fingerprint density at radius 3 is 2.34 bits per heavy atom. The number of nitrogens with one attached hydrogen (secondary N) is 2. The molecule has 1 aliphatic rings. The Kier molecular flexibility index (Phi) is 7.28. The number of methoxy groups -OCH3 is 1. The SMILES string of the molecule is COc1ccc(NC(=O)c2ccccc2N2CCOCC2)cc1S(=O)(=O)Nc1c(C)cccc1C. The van der Waals surface area contributed by atoms with Crippen molar-refractivity contribution in [2.75, 3.05) is 48.4 Å². The van der Waals surface area contributed by atoms with Gasteiger partial charge in [-0.15, -0.1) is 0 Å². The second kappa shape index (κ2) is 10.4. The van der Waals surface area contributed by atoms with Crippen LogP contribution >= 0.6 is 0 Å². The topological polar surface area (TPSA) is 97.0 Å². The molecule has 0 aromatic heterocycles. The van der Waals surface area contributed by atoms with E-state index in [9.17, 15) is 13.2 Å². The molecule has 0 saturated carbocycles. The summed E-state index contributed by atoms with van der Waals surface area (Å²) < 4.78 is 40.1. The summed E-state index contributed by atoms with van der Waals surface area (Å²) in [5.41, 5.74) is 3.78. The summed E-state index contributed by atoms with van der Waals surface area (Å²) in [7, 11) is -2.59. The zero-order valence-electron chi connectivity index (χ0n) is 20.0. The fraction of sp³-hybridized carbons (Fsp3) is 0.269. The van der Waals surface area contributed by atoms with Gasteiger partial charge in [0.2, 0.25) is 0 Å². The molecule has 0 unspecified atom stereocenters. The molecule has 0 bridgehead atoms. The van der Waals surface area contributed by atoms with Gasteiger partial charge in [-0.2, -0.15) is 0 Å². The average Bonchev–Trinajstić information content (AvgIpc) is 2.87. The minimum atomic E-state index is -4.00. The van der Waals surface area contributed by atoms with Crippen molar-refractivity contribution in [3.63, 3.8) is 0 Å². The number of hydrogen-bond donors (Lipinski definition) is 2. The highest BCUT2D eigenvalue weighted by molar-refractivity contribution is 7.92. The highest BCUT2D eigenvalue weighted by Gasteiger charge is 2.23. The van der Waals surface area contributed by atoms with Crippen LogP contribution in [-0.4, -0.2) is 47.7 Å². The second-order valence-corrected chi connectivity index (χ2v) is 9.96. The van der Waals surface area contributed by atoms with E-state index in [0.717, 1.165) is 16.8 Å². The van der Waals surface area contributed by atoms with Gasteiger partial charge in [-0.1, -0.05) is 30.3 Å².